The van der Waals surface area contributed by atoms with Gasteiger partial charge in [-0.2, -0.15) is 0 Å². The van der Waals surface area contributed by atoms with E-state index in [1.165, 1.54) is 12.1 Å². The Balaban J connectivity index is 2.26. The number of carboxylic acids is 1. The standard InChI is InChI=1S/C15H19FN2O3/c1-2-15(14(20)21)6-8-18(9-7-15)11-5-3-4-10(16)12(11)13(17)19/h3-5H,2,6-9H2,1H3,(H2,17,19)(H,20,21). The Morgan fingerprint density at radius 1 is 1.38 bits per heavy atom. The first-order chi connectivity index (χ1) is 9.91. The molecule has 1 aromatic rings. The molecule has 0 aliphatic carbocycles. The van der Waals surface area contributed by atoms with Gasteiger partial charge in [0, 0.05) is 13.1 Å². The minimum Gasteiger partial charge on any atom is -0.481 e. The van der Waals surface area contributed by atoms with Crippen molar-refractivity contribution >= 4 is 17.6 Å². The van der Waals surface area contributed by atoms with Crippen LogP contribution in [0.5, 0.6) is 0 Å². The van der Waals surface area contributed by atoms with Gasteiger partial charge in [-0.05, 0) is 31.4 Å². The third kappa shape index (κ3) is 2.70. The number of hydrogen-bond acceptors (Lipinski definition) is 3. The van der Waals surface area contributed by atoms with E-state index in [9.17, 15) is 19.1 Å². The van der Waals surface area contributed by atoms with Gasteiger partial charge in [0.25, 0.3) is 5.91 Å². The largest absolute Gasteiger partial charge is 0.481 e. The zero-order valence-electron chi connectivity index (χ0n) is 11.9. The van der Waals surface area contributed by atoms with Gasteiger partial charge in [-0.25, -0.2) is 4.39 Å². The number of carbonyl (C=O) groups excluding carboxylic acids is 1. The molecule has 1 aliphatic rings. The number of amides is 1. The predicted molar refractivity (Wildman–Crippen MR) is 76.7 cm³/mol. The average molecular weight is 294 g/mol. The monoisotopic (exact) mass is 294 g/mol. The number of aliphatic carboxylic acids is 1. The van der Waals surface area contributed by atoms with Crippen LogP contribution in [-0.2, 0) is 4.79 Å². The van der Waals surface area contributed by atoms with Crippen molar-refractivity contribution in [3.05, 3.63) is 29.6 Å². The van der Waals surface area contributed by atoms with Crippen molar-refractivity contribution in [2.75, 3.05) is 18.0 Å². The molecule has 1 aromatic carbocycles. The number of halogens is 1. The molecule has 1 aliphatic heterocycles. The molecule has 0 aromatic heterocycles. The van der Waals surface area contributed by atoms with Crippen LogP contribution in [0.3, 0.4) is 0 Å². The fourth-order valence-corrected chi connectivity index (χ4v) is 2.91. The fourth-order valence-electron chi connectivity index (χ4n) is 2.91. The van der Waals surface area contributed by atoms with Crippen molar-refractivity contribution in [2.45, 2.75) is 26.2 Å². The van der Waals surface area contributed by atoms with Crippen LogP contribution in [0, 0.1) is 11.2 Å². The molecule has 0 spiro atoms. The van der Waals surface area contributed by atoms with Crippen LogP contribution in [0.2, 0.25) is 0 Å². The summed E-state index contributed by atoms with van der Waals surface area (Å²) in [6.45, 7) is 2.79. The van der Waals surface area contributed by atoms with Gasteiger partial charge in [0.15, 0.2) is 0 Å². The quantitative estimate of drug-likeness (QED) is 0.889. The lowest BCUT2D eigenvalue weighted by atomic mass is 9.76. The highest BCUT2D eigenvalue weighted by Crippen LogP contribution is 2.37. The number of benzene rings is 1. The number of piperidine rings is 1. The zero-order valence-corrected chi connectivity index (χ0v) is 11.9. The van der Waals surface area contributed by atoms with Gasteiger partial charge in [0.05, 0.1) is 16.7 Å². The average Bonchev–Trinajstić information content (AvgIpc) is 2.46. The van der Waals surface area contributed by atoms with E-state index >= 15 is 0 Å². The van der Waals surface area contributed by atoms with Crippen LogP contribution in [0.25, 0.3) is 0 Å². The highest BCUT2D eigenvalue weighted by atomic mass is 19.1. The number of rotatable bonds is 4. The molecule has 114 valence electrons. The van der Waals surface area contributed by atoms with Crippen LogP contribution in [0.4, 0.5) is 10.1 Å². The topological polar surface area (TPSA) is 83.6 Å². The van der Waals surface area contributed by atoms with E-state index < -0.39 is 23.1 Å². The van der Waals surface area contributed by atoms with Crippen LogP contribution in [0.15, 0.2) is 18.2 Å². The van der Waals surface area contributed by atoms with Crippen LogP contribution >= 0.6 is 0 Å². The molecule has 0 atom stereocenters. The number of anilines is 1. The van der Waals surface area contributed by atoms with Crippen molar-refractivity contribution < 1.29 is 19.1 Å². The summed E-state index contributed by atoms with van der Waals surface area (Å²) in [6.07, 6.45) is 1.49. The van der Waals surface area contributed by atoms with Crippen LogP contribution in [0.1, 0.15) is 36.5 Å². The Hall–Kier alpha value is -2.11. The second-order valence-corrected chi connectivity index (χ2v) is 5.42. The third-order valence-corrected chi connectivity index (χ3v) is 4.43. The van der Waals surface area contributed by atoms with E-state index in [1.54, 1.807) is 6.07 Å². The van der Waals surface area contributed by atoms with Crippen molar-refractivity contribution in [1.29, 1.82) is 0 Å². The Morgan fingerprint density at radius 2 is 2.00 bits per heavy atom. The molecule has 1 fully saturated rings. The van der Waals surface area contributed by atoms with E-state index in [0.29, 0.717) is 38.0 Å². The molecule has 1 heterocycles. The van der Waals surface area contributed by atoms with E-state index in [1.807, 2.05) is 11.8 Å². The first-order valence-corrected chi connectivity index (χ1v) is 6.98. The number of carbonyl (C=O) groups is 2. The molecule has 3 N–H and O–H groups in total. The van der Waals surface area contributed by atoms with Crippen molar-refractivity contribution in [1.82, 2.24) is 0 Å². The van der Waals surface area contributed by atoms with E-state index in [2.05, 4.69) is 0 Å². The molecular formula is C15H19FN2O3. The summed E-state index contributed by atoms with van der Waals surface area (Å²) in [5.74, 6) is -2.25. The van der Waals surface area contributed by atoms with Gasteiger partial charge in [-0.15, -0.1) is 0 Å². The van der Waals surface area contributed by atoms with E-state index in [0.717, 1.165) is 0 Å². The SMILES string of the molecule is CCC1(C(=O)O)CCN(c2cccc(F)c2C(N)=O)CC1. The van der Waals surface area contributed by atoms with E-state index in [-0.39, 0.29) is 5.56 Å². The number of nitrogens with zero attached hydrogens (tertiary/aromatic N) is 1. The molecule has 6 heteroatoms. The second kappa shape index (κ2) is 5.71. The predicted octanol–water partition coefficient (Wildman–Crippen LogP) is 2.01. The van der Waals surface area contributed by atoms with Gasteiger partial charge < -0.3 is 15.7 Å². The van der Waals surface area contributed by atoms with Gasteiger partial charge in [-0.1, -0.05) is 13.0 Å². The molecule has 1 saturated heterocycles. The number of hydrogen-bond donors (Lipinski definition) is 2. The second-order valence-electron chi connectivity index (χ2n) is 5.42. The number of primary amides is 1. The first-order valence-electron chi connectivity index (χ1n) is 6.98. The molecular weight excluding hydrogens is 275 g/mol. The third-order valence-electron chi connectivity index (χ3n) is 4.43. The molecule has 0 radical (unpaired) electrons. The van der Waals surface area contributed by atoms with Gasteiger partial charge >= 0.3 is 5.97 Å². The summed E-state index contributed by atoms with van der Waals surface area (Å²) in [6, 6.07) is 4.36. The maximum atomic E-state index is 13.8. The summed E-state index contributed by atoms with van der Waals surface area (Å²) < 4.78 is 13.8. The van der Waals surface area contributed by atoms with E-state index in [4.69, 9.17) is 5.73 Å². The summed E-state index contributed by atoms with van der Waals surface area (Å²) in [5.41, 5.74) is 4.84. The summed E-state index contributed by atoms with van der Waals surface area (Å²) in [7, 11) is 0. The molecule has 1 amide bonds. The summed E-state index contributed by atoms with van der Waals surface area (Å²) >= 11 is 0. The Morgan fingerprint density at radius 3 is 2.48 bits per heavy atom. The van der Waals surface area contributed by atoms with Crippen molar-refractivity contribution in [3.63, 3.8) is 0 Å². The minimum atomic E-state index is -0.811. The maximum absolute atomic E-state index is 13.8. The van der Waals surface area contributed by atoms with Crippen molar-refractivity contribution in [3.8, 4) is 0 Å². The Bertz CT molecular complexity index is 566. The van der Waals surface area contributed by atoms with Gasteiger partial charge in [0.1, 0.15) is 5.82 Å². The maximum Gasteiger partial charge on any atom is 0.309 e. The van der Waals surface area contributed by atoms with Crippen LogP contribution < -0.4 is 10.6 Å². The fraction of sp³-hybridized carbons (Fsp3) is 0.467. The van der Waals surface area contributed by atoms with Gasteiger partial charge in [0.2, 0.25) is 0 Å². The smallest absolute Gasteiger partial charge is 0.309 e. The first kappa shape index (κ1) is 15.3. The zero-order chi connectivity index (χ0) is 15.6. The molecule has 2 rings (SSSR count). The Kier molecular flexibility index (Phi) is 4.16. The molecule has 21 heavy (non-hydrogen) atoms. The summed E-state index contributed by atoms with van der Waals surface area (Å²) in [4.78, 5) is 24.7. The Labute approximate surface area is 122 Å². The highest BCUT2D eigenvalue weighted by molar-refractivity contribution is 5.99. The lowest BCUT2D eigenvalue weighted by molar-refractivity contribution is -0.150. The molecule has 0 bridgehead atoms. The lowest BCUT2D eigenvalue weighted by Gasteiger charge is -2.39. The molecule has 0 unspecified atom stereocenters. The van der Waals surface area contributed by atoms with Crippen LogP contribution in [-0.4, -0.2) is 30.1 Å². The summed E-state index contributed by atoms with van der Waals surface area (Å²) in [5, 5.41) is 9.38. The lowest BCUT2D eigenvalue weighted by Crippen LogP contribution is -2.44. The highest BCUT2D eigenvalue weighted by Gasteiger charge is 2.40. The normalized spacial score (nSPS) is 17.5. The minimum absolute atomic E-state index is 0.128. The molecule has 0 saturated carbocycles. The van der Waals surface area contributed by atoms with Gasteiger partial charge in [-0.3, -0.25) is 9.59 Å². The van der Waals surface area contributed by atoms with Crippen molar-refractivity contribution in [2.24, 2.45) is 11.1 Å². The number of carboxylic acid groups (broad SMARTS) is 1. The number of nitrogens with two attached hydrogens (primary N) is 1. The molecule has 5 nitrogen and oxygen atoms in total.